The Balaban J connectivity index is 0.939. The Morgan fingerprint density at radius 2 is 0.781 bits per heavy atom. The van der Waals surface area contributed by atoms with Gasteiger partial charge in [0.15, 0.2) is 0 Å². The van der Waals surface area contributed by atoms with E-state index in [2.05, 4.69) is 258 Å². The second-order valence-electron chi connectivity index (χ2n) is 16.4. The van der Waals surface area contributed by atoms with Crippen LogP contribution in [0.5, 0.6) is 0 Å². The minimum Gasteiger partial charge on any atom is -0.310 e. The number of benzene rings is 10. The molecular weight excluding hydrogens is 775 g/mol. The zero-order valence-corrected chi connectivity index (χ0v) is 35.0. The van der Waals surface area contributed by atoms with Crippen LogP contribution < -0.4 is 4.90 Å². The molecule has 0 atom stereocenters. The van der Waals surface area contributed by atoms with E-state index in [4.69, 9.17) is 4.98 Å². The zero-order chi connectivity index (χ0) is 42.4. The molecule has 64 heavy (non-hydrogen) atoms. The highest BCUT2D eigenvalue weighted by Gasteiger charge is 2.17. The summed E-state index contributed by atoms with van der Waals surface area (Å²) in [4.78, 5) is 7.59. The topological polar surface area (TPSA) is 21.1 Å². The third-order valence-electron chi connectivity index (χ3n) is 12.6. The Morgan fingerprint density at radius 1 is 0.281 bits per heavy atom. The van der Waals surface area contributed by atoms with Gasteiger partial charge in [-0.2, -0.15) is 0 Å². The standard InChI is InChI=1S/C61H41N3/c1-3-15-42(16-4-1)43-29-34-50(35-30-43)63(51-36-31-44(32-37-51)47-33-38-60-57(41-47)55-25-10-12-28-59(55)64(60)49-20-5-2-6-21-49)52-22-14-18-46(40-52)45-17-13-19-48(39-45)61-56-26-8-7-23-53(56)54-24-9-11-27-58(54)62-61/h1-41H. The van der Waals surface area contributed by atoms with E-state index in [-0.39, 0.29) is 0 Å². The summed E-state index contributed by atoms with van der Waals surface area (Å²) >= 11 is 0. The lowest BCUT2D eigenvalue weighted by molar-refractivity contribution is 1.18. The number of nitrogens with zero attached hydrogens (tertiary/aromatic N) is 3. The van der Waals surface area contributed by atoms with Gasteiger partial charge in [-0.3, -0.25) is 0 Å². The van der Waals surface area contributed by atoms with Crippen LogP contribution in [0.1, 0.15) is 0 Å². The van der Waals surface area contributed by atoms with Gasteiger partial charge in [-0.25, -0.2) is 4.98 Å². The minimum atomic E-state index is 0.994. The molecule has 0 aliphatic carbocycles. The van der Waals surface area contributed by atoms with E-state index in [0.29, 0.717) is 0 Å². The van der Waals surface area contributed by atoms with E-state index < -0.39 is 0 Å². The summed E-state index contributed by atoms with van der Waals surface area (Å²) in [6.45, 7) is 0. The Morgan fingerprint density at radius 3 is 1.53 bits per heavy atom. The summed E-state index contributed by atoms with van der Waals surface area (Å²) in [5.74, 6) is 0. The molecule has 12 aromatic rings. The molecule has 2 aromatic heterocycles. The maximum Gasteiger partial charge on any atom is 0.0788 e. The van der Waals surface area contributed by atoms with Crippen LogP contribution in [-0.4, -0.2) is 9.55 Å². The van der Waals surface area contributed by atoms with Crippen LogP contribution in [0.25, 0.3) is 93.8 Å². The number of rotatable bonds is 8. The lowest BCUT2D eigenvalue weighted by Crippen LogP contribution is -2.10. The lowest BCUT2D eigenvalue weighted by atomic mass is 9.97. The fourth-order valence-corrected chi connectivity index (χ4v) is 9.49. The molecule has 300 valence electrons. The lowest BCUT2D eigenvalue weighted by Gasteiger charge is -2.26. The highest BCUT2D eigenvalue weighted by Crippen LogP contribution is 2.41. The van der Waals surface area contributed by atoms with Gasteiger partial charge >= 0.3 is 0 Å². The summed E-state index contributed by atoms with van der Waals surface area (Å²) in [5, 5.41) is 6.03. The number of hydrogen-bond donors (Lipinski definition) is 0. The van der Waals surface area contributed by atoms with Gasteiger partial charge in [0.1, 0.15) is 0 Å². The van der Waals surface area contributed by atoms with Crippen LogP contribution in [0, 0.1) is 0 Å². The zero-order valence-electron chi connectivity index (χ0n) is 35.0. The van der Waals surface area contributed by atoms with Crippen LogP contribution in [-0.2, 0) is 0 Å². The summed E-state index contributed by atoms with van der Waals surface area (Å²) in [6.07, 6.45) is 0. The van der Waals surface area contributed by atoms with Crippen LogP contribution in [0.4, 0.5) is 17.1 Å². The fraction of sp³-hybridized carbons (Fsp3) is 0. The van der Waals surface area contributed by atoms with Crippen LogP contribution in [0.2, 0.25) is 0 Å². The molecule has 3 heteroatoms. The molecule has 12 rings (SSSR count). The quantitative estimate of drug-likeness (QED) is 0.142. The molecule has 0 unspecified atom stereocenters. The first-order chi connectivity index (χ1) is 31.7. The number of aromatic nitrogens is 2. The molecular formula is C61H41N3. The van der Waals surface area contributed by atoms with Crippen LogP contribution >= 0.6 is 0 Å². The molecule has 0 spiro atoms. The second kappa shape index (κ2) is 15.7. The van der Waals surface area contributed by atoms with E-state index in [1.54, 1.807) is 0 Å². The van der Waals surface area contributed by atoms with Gasteiger partial charge in [0.25, 0.3) is 0 Å². The average molecular weight is 816 g/mol. The number of pyridine rings is 1. The third-order valence-corrected chi connectivity index (χ3v) is 12.6. The monoisotopic (exact) mass is 815 g/mol. The molecule has 3 nitrogen and oxygen atoms in total. The van der Waals surface area contributed by atoms with E-state index in [1.165, 1.54) is 54.8 Å². The van der Waals surface area contributed by atoms with Gasteiger partial charge < -0.3 is 9.47 Å². The summed E-state index contributed by atoms with van der Waals surface area (Å²) in [7, 11) is 0. The molecule has 0 radical (unpaired) electrons. The largest absolute Gasteiger partial charge is 0.310 e. The van der Waals surface area contributed by atoms with Crippen molar-refractivity contribution in [2.24, 2.45) is 0 Å². The van der Waals surface area contributed by atoms with Crippen molar-refractivity contribution in [2.45, 2.75) is 0 Å². The van der Waals surface area contributed by atoms with Gasteiger partial charge in [0.05, 0.1) is 22.2 Å². The van der Waals surface area contributed by atoms with Gasteiger partial charge in [-0.05, 0) is 118 Å². The molecule has 0 N–H and O–H groups in total. The van der Waals surface area contributed by atoms with Crippen molar-refractivity contribution >= 4 is 60.5 Å². The molecule has 0 fully saturated rings. The number of anilines is 3. The first-order valence-electron chi connectivity index (χ1n) is 21.9. The van der Waals surface area contributed by atoms with Crippen molar-refractivity contribution in [3.05, 3.63) is 249 Å². The maximum absolute atomic E-state index is 5.22. The summed E-state index contributed by atoms with van der Waals surface area (Å²) < 4.78 is 2.37. The van der Waals surface area contributed by atoms with Crippen molar-refractivity contribution in [1.82, 2.24) is 9.55 Å². The highest BCUT2D eigenvalue weighted by atomic mass is 15.1. The van der Waals surface area contributed by atoms with Crippen molar-refractivity contribution in [1.29, 1.82) is 0 Å². The highest BCUT2D eigenvalue weighted by molar-refractivity contribution is 6.12. The Kier molecular flexibility index (Phi) is 9.16. The predicted molar refractivity (Wildman–Crippen MR) is 270 cm³/mol. The molecule has 0 saturated heterocycles. The first-order valence-corrected chi connectivity index (χ1v) is 21.9. The van der Waals surface area contributed by atoms with Crippen LogP contribution in [0.15, 0.2) is 249 Å². The molecule has 0 bridgehead atoms. The molecule has 0 amide bonds. The summed E-state index contributed by atoms with van der Waals surface area (Å²) in [5.41, 5.74) is 16.9. The average Bonchev–Trinajstić information content (AvgIpc) is 3.71. The first kappa shape index (κ1) is 37.2. The van der Waals surface area contributed by atoms with E-state index in [1.807, 2.05) is 0 Å². The third kappa shape index (κ3) is 6.59. The van der Waals surface area contributed by atoms with Crippen LogP contribution in [0.3, 0.4) is 0 Å². The van der Waals surface area contributed by atoms with Gasteiger partial charge in [-0.1, -0.05) is 170 Å². The Labute approximate surface area is 372 Å². The Hall–Kier alpha value is -8.53. The van der Waals surface area contributed by atoms with Gasteiger partial charge in [0, 0.05) is 49.9 Å². The number of fused-ring (bicyclic) bond motifs is 6. The van der Waals surface area contributed by atoms with Crippen molar-refractivity contribution in [3.8, 4) is 50.3 Å². The second-order valence-corrected chi connectivity index (χ2v) is 16.4. The molecule has 2 heterocycles. The van der Waals surface area contributed by atoms with E-state index >= 15 is 0 Å². The SMILES string of the molecule is c1ccc(-c2ccc(N(c3ccc(-c4ccc5c(c4)c4ccccc4n5-c4ccccc4)cc3)c3cccc(-c4cccc(-c5nc6ccccc6c6ccccc56)c4)c3)cc2)cc1. The molecule has 0 aliphatic heterocycles. The normalized spacial score (nSPS) is 11.4. The smallest absolute Gasteiger partial charge is 0.0788 e. The number of hydrogen-bond acceptors (Lipinski definition) is 2. The molecule has 10 aromatic carbocycles. The van der Waals surface area contributed by atoms with Crippen molar-refractivity contribution in [2.75, 3.05) is 4.90 Å². The number of para-hydroxylation sites is 3. The summed E-state index contributed by atoms with van der Waals surface area (Å²) in [6, 6.07) is 89.5. The van der Waals surface area contributed by atoms with Gasteiger partial charge in [-0.15, -0.1) is 0 Å². The predicted octanol–water partition coefficient (Wildman–Crippen LogP) is 16.6. The minimum absolute atomic E-state index is 0.994. The van der Waals surface area contributed by atoms with E-state index in [0.717, 1.165) is 56.0 Å². The molecule has 0 aliphatic rings. The maximum atomic E-state index is 5.22. The fourth-order valence-electron chi connectivity index (χ4n) is 9.49. The van der Waals surface area contributed by atoms with Crippen molar-refractivity contribution in [3.63, 3.8) is 0 Å². The van der Waals surface area contributed by atoms with E-state index in [9.17, 15) is 0 Å². The Bertz CT molecular complexity index is 3650. The molecule has 0 saturated carbocycles. The van der Waals surface area contributed by atoms with Crippen molar-refractivity contribution < 1.29 is 0 Å². The van der Waals surface area contributed by atoms with Gasteiger partial charge in [0.2, 0.25) is 0 Å².